The Morgan fingerprint density at radius 1 is 1.10 bits per heavy atom. The highest BCUT2D eigenvalue weighted by atomic mass is 16.2. The van der Waals surface area contributed by atoms with Crippen molar-refractivity contribution >= 4 is 5.91 Å². The topological polar surface area (TPSA) is 49.6 Å². The standard InChI is InChI=1S/C16H25N3O/c1-13(2)18-7-9-19(10-8-18)16(20)11-14-3-5-15(12-17)6-4-14/h3-6,13H,7-12,17H2,1-2H3. The van der Waals surface area contributed by atoms with Crippen molar-refractivity contribution in [3.63, 3.8) is 0 Å². The van der Waals surface area contributed by atoms with Gasteiger partial charge >= 0.3 is 0 Å². The van der Waals surface area contributed by atoms with Crippen LogP contribution in [0.3, 0.4) is 0 Å². The van der Waals surface area contributed by atoms with Crippen LogP contribution in [0, 0.1) is 0 Å². The molecule has 0 unspecified atom stereocenters. The molecule has 1 amide bonds. The fourth-order valence-corrected chi connectivity index (χ4v) is 2.57. The number of piperazine rings is 1. The average Bonchev–Trinajstić information content (AvgIpc) is 2.48. The minimum atomic E-state index is 0.230. The summed E-state index contributed by atoms with van der Waals surface area (Å²) >= 11 is 0. The lowest BCUT2D eigenvalue weighted by molar-refractivity contribution is -0.132. The number of hydrogen-bond acceptors (Lipinski definition) is 3. The number of carbonyl (C=O) groups is 1. The van der Waals surface area contributed by atoms with E-state index in [0.29, 0.717) is 19.0 Å². The van der Waals surface area contributed by atoms with Gasteiger partial charge in [-0.05, 0) is 25.0 Å². The zero-order valence-electron chi connectivity index (χ0n) is 12.5. The summed E-state index contributed by atoms with van der Waals surface area (Å²) in [6.07, 6.45) is 0.493. The lowest BCUT2D eigenvalue weighted by Gasteiger charge is -2.37. The van der Waals surface area contributed by atoms with E-state index in [0.717, 1.165) is 37.3 Å². The van der Waals surface area contributed by atoms with Gasteiger partial charge in [0.05, 0.1) is 6.42 Å². The molecule has 20 heavy (non-hydrogen) atoms. The highest BCUT2D eigenvalue weighted by Crippen LogP contribution is 2.10. The third-order valence-electron chi connectivity index (χ3n) is 4.01. The maximum absolute atomic E-state index is 12.3. The number of amides is 1. The number of nitrogens with zero attached hydrogens (tertiary/aromatic N) is 2. The summed E-state index contributed by atoms with van der Waals surface area (Å²) in [5, 5.41) is 0. The van der Waals surface area contributed by atoms with Gasteiger partial charge in [0.2, 0.25) is 5.91 Å². The second-order valence-electron chi connectivity index (χ2n) is 5.71. The molecule has 110 valence electrons. The summed E-state index contributed by atoms with van der Waals surface area (Å²) in [4.78, 5) is 16.7. The Hall–Kier alpha value is -1.39. The maximum atomic E-state index is 12.3. The Bertz CT molecular complexity index is 434. The van der Waals surface area contributed by atoms with Crippen LogP contribution in [0.2, 0.25) is 0 Å². The first kappa shape index (κ1) is 15.0. The number of rotatable bonds is 4. The Morgan fingerprint density at radius 2 is 1.65 bits per heavy atom. The summed E-state index contributed by atoms with van der Waals surface area (Å²) in [5.74, 6) is 0.230. The van der Waals surface area contributed by atoms with Crippen LogP contribution >= 0.6 is 0 Å². The molecule has 1 aromatic rings. The zero-order chi connectivity index (χ0) is 14.5. The highest BCUT2D eigenvalue weighted by molar-refractivity contribution is 5.78. The molecule has 1 saturated heterocycles. The molecule has 1 aliphatic heterocycles. The zero-order valence-corrected chi connectivity index (χ0v) is 12.5. The molecule has 0 radical (unpaired) electrons. The predicted octanol–water partition coefficient (Wildman–Crippen LogP) is 1.24. The first-order valence-corrected chi connectivity index (χ1v) is 7.40. The minimum absolute atomic E-state index is 0.230. The normalized spacial score (nSPS) is 16.7. The Morgan fingerprint density at radius 3 is 2.15 bits per heavy atom. The summed E-state index contributed by atoms with van der Waals surface area (Å²) in [5.41, 5.74) is 7.75. The molecule has 1 aromatic carbocycles. The van der Waals surface area contributed by atoms with Crippen molar-refractivity contribution < 1.29 is 4.79 Å². The average molecular weight is 275 g/mol. The minimum Gasteiger partial charge on any atom is -0.340 e. The monoisotopic (exact) mass is 275 g/mol. The number of nitrogens with two attached hydrogens (primary N) is 1. The summed E-state index contributed by atoms with van der Waals surface area (Å²) in [6.45, 7) is 8.61. The maximum Gasteiger partial charge on any atom is 0.227 e. The molecule has 1 fully saturated rings. The van der Waals surface area contributed by atoms with E-state index in [1.807, 2.05) is 29.2 Å². The van der Waals surface area contributed by atoms with Crippen molar-refractivity contribution in [1.29, 1.82) is 0 Å². The number of benzene rings is 1. The van der Waals surface area contributed by atoms with Gasteiger partial charge in [-0.1, -0.05) is 24.3 Å². The van der Waals surface area contributed by atoms with Crippen LogP contribution in [0.5, 0.6) is 0 Å². The summed E-state index contributed by atoms with van der Waals surface area (Å²) in [6, 6.07) is 8.57. The van der Waals surface area contributed by atoms with E-state index in [2.05, 4.69) is 18.7 Å². The Labute approximate surface area is 121 Å². The van der Waals surface area contributed by atoms with Crippen LogP contribution in [-0.4, -0.2) is 47.9 Å². The smallest absolute Gasteiger partial charge is 0.227 e. The number of carbonyl (C=O) groups excluding carboxylic acids is 1. The summed E-state index contributed by atoms with van der Waals surface area (Å²) in [7, 11) is 0. The molecule has 1 heterocycles. The molecule has 0 aliphatic carbocycles. The molecule has 1 aliphatic rings. The molecule has 0 spiro atoms. The van der Waals surface area contributed by atoms with Gasteiger partial charge < -0.3 is 10.6 Å². The first-order valence-electron chi connectivity index (χ1n) is 7.40. The van der Waals surface area contributed by atoms with E-state index in [1.165, 1.54) is 0 Å². The Kier molecular flexibility index (Phi) is 5.15. The van der Waals surface area contributed by atoms with E-state index in [-0.39, 0.29) is 5.91 Å². The van der Waals surface area contributed by atoms with Gasteiger partial charge in [-0.2, -0.15) is 0 Å². The predicted molar refractivity (Wildman–Crippen MR) is 81.3 cm³/mol. The molecule has 0 atom stereocenters. The van der Waals surface area contributed by atoms with E-state index in [4.69, 9.17) is 5.73 Å². The van der Waals surface area contributed by atoms with Crippen molar-refractivity contribution in [2.45, 2.75) is 32.9 Å². The first-order chi connectivity index (χ1) is 9.60. The van der Waals surface area contributed by atoms with Crippen LogP contribution in [0.4, 0.5) is 0 Å². The Balaban J connectivity index is 1.86. The van der Waals surface area contributed by atoms with Crippen molar-refractivity contribution in [3.8, 4) is 0 Å². The van der Waals surface area contributed by atoms with Crippen molar-refractivity contribution in [2.24, 2.45) is 5.73 Å². The summed E-state index contributed by atoms with van der Waals surface area (Å²) < 4.78 is 0. The molecular weight excluding hydrogens is 250 g/mol. The fourth-order valence-electron chi connectivity index (χ4n) is 2.57. The van der Waals surface area contributed by atoms with Gasteiger partial charge in [0.15, 0.2) is 0 Å². The van der Waals surface area contributed by atoms with Crippen LogP contribution in [-0.2, 0) is 17.8 Å². The molecule has 2 N–H and O–H groups in total. The van der Waals surface area contributed by atoms with Gasteiger partial charge in [0.25, 0.3) is 0 Å². The van der Waals surface area contributed by atoms with E-state index >= 15 is 0 Å². The van der Waals surface area contributed by atoms with E-state index < -0.39 is 0 Å². The molecule has 0 saturated carbocycles. The van der Waals surface area contributed by atoms with Gasteiger partial charge in [0.1, 0.15) is 0 Å². The molecule has 0 bridgehead atoms. The van der Waals surface area contributed by atoms with Crippen LogP contribution in [0.1, 0.15) is 25.0 Å². The van der Waals surface area contributed by atoms with Crippen LogP contribution in [0.15, 0.2) is 24.3 Å². The van der Waals surface area contributed by atoms with Crippen molar-refractivity contribution in [1.82, 2.24) is 9.80 Å². The second kappa shape index (κ2) is 6.86. The van der Waals surface area contributed by atoms with Gasteiger partial charge in [-0.3, -0.25) is 9.69 Å². The SMILES string of the molecule is CC(C)N1CCN(C(=O)Cc2ccc(CN)cc2)CC1. The molecular formula is C16H25N3O. The van der Waals surface area contributed by atoms with Crippen molar-refractivity contribution in [2.75, 3.05) is 26.2 Å². The quantitative estimate of drug-likeness (QED) is 0.899. The molecule has 2 rings (SSSR count). The highest BCUT2D eigenvalue weighted by Gasteiger charge is 2.22. The third kappa shape index (κ3) is 3.81. The molecule has 4 nitrogen and oxygen atoms in total. The van der Waals surface area contributed by atoms with Gasteiger partial charge in [0, 0.05) is 38.8 Å². The fraction of sp³-hybridized carbons (Fsp3) is 0.562. The van der Waals surface area contributed by atoms with Crippen LogP contribution < -0.4 is 5.73 Å². The second-order valence-corrected chi connectivity index (χ2v) is 5.71. The van der Waals surface area contributed by atoms with Gasteiger partial charge in [-0.15, -0.1) is 0 Å². The largest absolute Gasteiger partial charge is 0.340 e. The number of hydrogen-bond donors (Lipinski definition) is 1. The lowest BCUT2D eigenvalue weighted by Crippen LogP contribution is -2.51. The van der Waals surface area contributed by atoms with Crippen molar-refractivity contribution in [3.05, 3.63) is 35.4 Å². The third-order valence-corrected chi connectivity index (χ3v) is 4.01. The van der Waals surface area contributed by atoms with E-state index in [9.17, 15) is 4.79 Å². The molecule has 0 aromatic heterocycles. The van der Waals surface area contributed by atoms with E-state index in [1.54, 1.807) is 0 Å². The van der Waals surface area contributed by atoms with Gasteiger partial charge in [-0.25, -0.2) is 0 Å². The van der Waals surface area contributed by atoms with Crippen LogP contribution in [0.25, 0.3) is 0 Å². The lowest BCUT2D eigenvalue weighted by atomic mass is 10.1. The molecule has 4 heteroatoms.